The summed E-state index contributed by atoms with van der Waals surface area (Å²) in [7, 11) is 1.21. The van der Waals surface area contributed by atoms with Gasteiger partial charge in [-0.05, 0) is 162 Å². The lowest BCUT2D eigenvalue weighted by atomic mass is 9.84. The van der Waals surface area contributed by atoms with E-state index in [4.69, 9.17) is 28.7 Å². The Morgan fingerprint density at radius 3 is 1.39 bits per heavy atom. The van der Waals surface area contributed by atoms with Crippen molar-refractivity contribution in [3.63, 3.8) is 0 Å². The van der Waals surface area contributed by atoms with Crippen LogP contribution < -0.4 is 81.8 Å². The molecule has 12 atom stereocenters. The lowest BCUT2D eigenvalue weighted by molar-refractivity contribution is -0.143. The number of ether oxygens (including phenoxy) is 1. The van der Waals surface area contributed by atoms with Crippen molar-refractivity contribution in [3.8, 4) is 0 Å². The van der Waals surface area contributed by atoms with E-state index in [2.05, 4.69) is 77.9 Å². The number of H-pyrrole nitrogens is 2. The number of para-hydroxylation sites is 2. The number of rotatable bonds is 34. The van der Waals surface area contributed by atoms with Crippen molar-refractivity contribution in [1.82, 2.24) is 72.9 Å². The maximum atomic E-state index is 14.8. The number of aromatic nitrogens is 2. The number of aliphatic imine (C=N–C) groups is 2. The maximum absolute atomic E-state index is 14.8. The van der Waals surface area contributed by atoms with Gasteiger partial charge in [0.15, 0.2) is 23.5 Å². The second-order valence-electron chi connectivity index (χ2n) is 37.8. The average molecular weight is 1910 g/mol. The first-order valence-electron chi connectivity index (χ1n) is 49.9. The number of fused-ring (bicyclic) bond motifs is 4. The highest BCUT2D eigenvalue weighted by Gasteiger charge is 2.44. The Balaban J connectivity index is 0.000000265. The fourth-order valence-electron chi connectivity index (χ4n) is 20.0. The standard InChI is InChI=1S/C51H75N11O6.C51H70N10O9/c52-25-11-3-8-24-46(64)59-42(29-34-15-4-1-5-16-34)48(66)60-40-22-13-26-55-47(65)36(19-12-27-56-51(53)54)32-44(63)41(31-37-33-57-39-21-10-9-20-38(37)39)58-45(30-35-17-6-2-7-18-35)61-49(67)43-23-14-28-62(43)50(40)68;1-70-45(64)23-22-44(63)57-40(27-32-13-4-2-5-14-32)47(66)58-38-20-11-24-54-46(65)34(17-10-25-55-51(52)53)30-43(62)39(29-35-31-56-37-19-9-8-18-36(35)37)59-48(67)41(28-33-15-6-3-7-16-33)60-49(68)42-21-12-26-61(42)50(38)69/h1,4-5,9-10,15-16,20-21,33,35-36,40-43,45,57-58H,2-3,6-8,11-14,17-19,22-32,52H2,(H,55,65)(H,59,64)(H,60,66)(H,61,67)(H4,53,54,56);2,4-5,8-9,13-14,18-19,31,33-34,38-42,56H,3,6-7,10-12,15-17,20-30H2,1H3,(H,54,65)(H,57,63)(H,58,66)(H,59,67)(H,60,68)(H4,52,53,55)/t36-,40+,41+,42+,43+,45-;34-,38+,39+,40+,41-,42+/m11/s1. The molecule has 6 aromatic rings. The first kappa shape index (κ1) is 106. The normalized spacial score (nSPS) is 22.8. The number of nitrogens with zero attached hydrogens (tertiary/aromatic N) is 4. The molecule has 12 rings (SSSR count). The number of carbonyl (C=O) groups excluding carboxylic acids is 14. The van der Waals surface area contributed by atoms with Gasteiger partial charge in [0.05, 0.1) is 31.8 Å². The molecular weight excluding hydrogens is 1760 g/mol. The third kappa shape index (κ3) is 33.1. The summed E-state index contributed by atoms with van der Waals surface area (Å²) in [5.41, 5.74) is 33.1. The number of carbonyl (C=O) groups is 14. The Morgan fingerprint density at radius 2 is 0.906 bits per heavy atom. The van der Waals surface area contributed by atoms with Gasteiger partial charge in [0.1, 0.15) is 42.3 Å². The highest BCUT2D eigenvalue weighted by molar-refractivity contribution is 6.00. The summed E-state index contributed by atoms with van der Waals surface area (Å²) in [4.78, 5) is 216. The minimum atomic E-state index is -1.19. The summed E-state index contributed by atoms with van der Waals surface area (Å²) >= 11 is 0. The highest BCUT2D eigenvalue weighted by atomic mass is 16.5. The van der Waals surface area contributed by atoms with Gasteiger partial charge in [-0.1, -0.05) is 168 Å². The fraction of sp³-hybridized carbons (Fsp3) is 0.569. The molecule has 0 radical (unpaired) electrons. The highest BCUT2D eigenvalue weighted by Crippen LogP contribution is 2.33. The van der Waals surface area contributed by atoms with E-state index in [1.807, 2.05) is 97.3 Å². The minimum absolute atomic E-state index is 0.0392. The molecule has 11 amide bonds. The van der Waals surface area contributed by atoms with E-state index in [-0.39, 0.29) is 157 Å². The molecule has 22 N–H and O–H groups in total. The van der Waals surface area contributed by atoms with Crippen molar-refractivity contribution in [2.75, 3.05) is 52.9 Å². The Labute approximate surface area is 807 Å². The van der Waals surface area contributed by atoms with Crippen LogP contribution in [-0.4, -0.2) is 228 Å². The number of esters is 1. The Kier molecular flexibility index (Phi) is 42.3. The van der Waals surface area contributed by atoms with Gasteiger partial charge in [0, 0.05) is 130 Å². The quantitative estimate of drug-likeness (QED) is 0.00998. The van der Waals surface area contributed by atoms with Crippen LogP contribution in [0.4, 0.5) is 0 Å². The van der Waals surface area contributed by atoms with Gasteiger partial charge in [-0.2, -0.15) is 0 Å². The summed E-state index contributed by atoms with van der Waals surface area (Å²) in [6, 6.07) is 24.9. The largest absolute Gasteiger partial charge is 0.469 e. The number of nitrogens with one attached hydrogen (secondary N) is 12. The lowest BCUT2D eigenvalue weighted by Gasteiger charge is -2.33. The van der Waals surface area contributed by atoms with Crippen molar-refractivity contribution in [2.24, 2.45) is 62.3 Å². The van der Waals surface area contributed by atoms with Crippen LogP contribution in [0.1, 0.15) is 228 Å². The van der Waals surface area contributed by atoms with Crippen LogP contribution in [0.5, 0.6) is 0 Å². The summed E-state index contributed by atoms with van der Waals surface area (Å²) in [5.74, 6) is -7.43. The third-order valence-corrected chi connectivity index (χ3v) is 27.5. The molecule has 6 aliphatic rings. The van der Waals surface area contributed by atoms with Crippen LogP contribution in [0.2, 0.25) is 0 Å². The SMILES string of the molecule is COC(=O)CCC(=O)N[C@@H](Cc1ccccc1)C(=O)N[C@H]1CCCNC(=O)[C@H](CCCN=C(N)N)CC(=O)[C@H](Cc2c[nH]c3ccccc23)NC(=O)[C@@H](CC2CCCCC2)NC(=O)[C@@H]2CCCN2C1=O.NCCCCCC(=O)N[C@@H](Cc1ccccc1)C(=O)N[C@H]1CCCNC(=O)[C@H](CCCN=C(N)N)CC(=O)[C@H](Cc2c[nH]c3ccccc23)N[C@@H](CC2CCCCC2)NC(=O)[C@@H]2CCCN2C1=O. The number of amides is 11. The molecule has 4 aromatic carbocycles. The molecule has 2 aromatic heterocycles. The number of benzene rings is 4. The van der Waals surface area contributed by atoms with Crippen molar-refractivity contribution < 1.29 is 71.9 Å². The zero-order chi connectivity index (χ0) is 98.2. The van der Waals surface area contributed by atoms with E-state index in [9.17, 15) is 67.1 Å². The number of guanidine groups is 2. The van der Waals surface area contributed by atoms with E-state index in [1.54, 1.807) is 29.2 Å². The van der Waals surface area contributed by atoms with Gasteiger partial charge in [-0.25, -0.2) is 0 Å². The Bertz CT molecular complexity index is 5100. The van der Waals surface area contributed by atoms with Crippen LogP contribution in [-0.2, 0) is 97.5 Å². The first-order chi connectivity index (χ1) is 66.8. The summed E-state index contributed by atoms with van der Waals surface area (Å²) in [5, 5.41) is 32.2. The molecule has 4 aliphatic heterocycles. The number of nitrogens with two attached hydrogens (primary N) is 5. The van der Waals surface area contributed by atoms with Crippen LogP contribution in [0, 0.1) is 23.7 Å². The number of methoxy groups -OCH3 is 1. The zero-order valence-corrected chi connectivity index (χ0v) is 79.8. The monoisotopic (exact) mass is 1900 g/mol. The van der Waals surface area contributed by atoms with Crippen LogP contribution >= 0.6 is 0 Å². The first-order valence-corrected chi connectivity index (χ1v) is 49.9. The van der Waals surface area contributed by atoms with E-state index in [1.165, 1.54) is 12.0 Å². The van der Waals surface area contributed by atoms with E-state index in [0.717, 1.165) is 121 Å². The van der Waals surface area contributed by atoms with Gasteiger partial charge in [-0.3, -0.25) is 82.4 Å². The number of Topliss-reactive ketones (excluding diaryl/α,β-unsaturated/α-hetero) is 2. The molecule has 6 fully saturated rings. The van der Waals surface area contributed by atoms with Crippen molar-refractivity contribution in [1.29, 1.82) is 0 Å². The smallest absolute Gasteiger partial charge is 0.306 e. The Hall–Kier alpha value is -12.6. The average Bonchev–Trinajstić information content (AvgIpc) is 1.63. The molecule has 36 heteroatoms. The maximum Gasteiger partial charge on any atom is 0.306 e. The van der Waals surface area contributed by atoms with Crippen molar-refractivity contribution in [2.45, 2.75) is 292 Å². The molecule has 36 nitrogen and oxygen atoms in total. The zero-order valence-electron chi connectivity index (χ0n) is 79.8. The van der Waals surface area contributed by atoms with Crippen molar-refractivity contribution >= 4 is 116 Å². The predicted molar refractivity (Wildman–Crippen MR) is 526 cm³/mol. The molecule has 6 heterocycles. The van der Waals surface area contributed by atoms with Crippen LogP contribution in [0.25, 0.3) is 21.8 Å². The molecular formula is C102H145N21O15. The van der Waals surface area contributed by atoms with Gasteiger partial charge in [-0.15, -0.1) is 0 Å². The predicted octanol–water partition coefficient (Wildman–Crippen LogP) is 5.69. The number of unbranched alkanes of at least 4 members (excludes halogenated alkanes) is 2. The Morgan fingerprint density at radius 1 is 0.457 bits per heavy atom. The van der Waals surface area contributed by atoms with Crippen molar-refractivity contribution in [3.05, 3.63) is 144 Å². The minimum Gasteiger partial charge on any atom is -0.469 e. The second-order valence-corrected chi connectivity index (χ2v) is 37.8. The summed E-state index contributed by atoms with van der Waals surface area (Å²) in [6.07, 6.45) is 20.5. The molecule has 0 spiro atoms. The summed E-state index contributed by atoms with van der Waals surface area (Å²) < 4.78 is 4.68. The topological polar surface area (TPSA) is 561 Å². The van der Waals surface area contributed by atoms with E-state index < -0.39 is 126 Å². The molecule has 748 valence electrons. The number of aromatic amines is 2. The summed E-state index contributed by atoms with van der Waals surface area (Å²) in [6.45, 7) is 1.79. The number of ketones is 2. The second kappa shape index (κ2) is 55.1. The van der Waals surface area contributed by atoms with Gasteiger partial charge in [0.2, 0.25) is 65.0 Å². The molecule has 138 heavy (non-hydrogen) atoms. The number of hydrogen-bond donors (Lipinski definition) is 17. The van der Waals surface area contributed by atoms with Gasteiger partial charge < -0.3 is 101 Å². The number of hydrogen-bond acceptors (Lipinski definition) is 19. The van der Waals surface area contributed by atoms with Crippen LogP contribution in [0.15, 0.2) is 132 Å². The lowest BCUT2D eigenvalue weighted by Crippen LogP contribution is -2.59. The third-order valence-electron chi connectivity index (χ3n) is 27.5. The molecule has 2 aliphatic carbocycles. The van der Waals surface area contributed by atoms with Gasteiger partial charge >= 0.3 is 5.97 Å². The van der Waals surface area contributed by atoms with E-state index >= 15 is 0 Å². The van der Waals surface area contributed by atoms with E-state index in [0.29, 0.717) is 96.1 Å². The molecule has 2 saturated carbocycles. The molecule has 4 saturated heterocycles. The fourth-order valence-corrected chi connectivity index (χ4v) is 20.0. The van der Waals surface area contributed by atoms with Gasteiger partial charge in [0.25, 0.3) is 0 Å². The van der Waals surface area contributed by atoms with Crippen LogP contribution in [0.3, 0.4) is 0 Å². The molecule has 0 unspecified atom stereocenters. The molecule has 0 bridgehead atoms.